The predicted molar refractivity (Wildman–Crippen MR) is 120 cm³/mol. The number of nitrogens with one attached hydrogen (secondary N) is 3. The van der Waals surface area contributed by atoms with E-state index in [9.17, 15) is 18.4 Å². The van der Waals surface area contributed by atoms with Gasteiger partial charge in [-0.1, -0.05) is 23.4 Å². The number of nitrogens with two attached hydrogens (primary N) is 1. The summed E-state index contributed by atoms with van der Waals surface area (Å²) in [7, 11) is 0. The van der Waals surface area contributed by atoms with E-state index in [0.29, 0.717) is 11.3 Å². The van der Waals surface area contributed by atoms with Gasteiger partial charge < -0.3 is 26.0 Å². The van der Waals surface area contributed by atoms with Crippen LogP contribution < -0.4 is 16.4 Å². The van der Waals surface area contributed by atoms with Crippen LogP contribution in [-0.2, 0) is 16.1 Å². The van der Waals surface area contributed by atoms with Crippen molar-refractivity contribution in [3.63, 3.8) is 0 Å². The van der Waals surface area contributed by atoms with Gasteiger partial charge in [0.25, 0.3) is 5.91 Å². The van der Waals surface area contributed by atoms with Gasteiger partial charge in [-0.25, -0.2) is 18.7 Å². The lowest BCUT2D eigenvalue weighted by Gasteiger charge is -2.11. The number of anilines is 1. The second-order valence-corrected chi connectivity index (χ2v) is 6.91. The maximum absolute atomic E-state index is 14.2. The number of nitrogens with zero attached hydrogens (tertiary/aromatic N) is 3. The van der Waals surface area contributed by atoms with Gasteiger partial charge in [0.2, 0.25) is 0 Å². The van der Waals surface area contributed by atoms with Crippen molar-refractivity contribution in [1.82, 2.24) is 20.4 Å². The summed E-state index contributed by atoms with van der Waals surface area (Å²) in [4.78, 5) is 30.7. The minimum Gasteiger partial charge on any atom is -0.481 e. The molecule has 180 valence electrons. The minimum absolute atomic E-state index is 0.0575. The molecule has 0 saturated heterocycles. The van der Waals surface area contributed by atoms with Crippen LogP contribution in [0.1, 0.15) is 23.5 Å². The Morgan fingerprint density at radius 3 is 2.63 bits per heavy atom. The Morgan fingerprint density at radius 2 is 1.97 bits per heavy atom. The number of allylic oxidation sites excluding steroid dienone is 1. The highest BCUT2D eigenvalue weighted by molar-refractivity contribution is 6.08. The molecule has 0 aliphatic carbocycles. The summed E-state index contributed by atoms with van der Waals surface area (Å²) in [5.41, 5.74) is 5.57. The molecule has 0 aliphatic rings. The van der Waals surface area contributed by atoms with Gasteiger partial charge in [-0.05, 0) is 12.1 Å². The number of carboxylic acids is 1. The molecule has 13 heteroatoms. The zero-order valence-electron chi connectivity index (χ0n) is 18.0. The van der Waals surface area contributed by atoms with Crippen molar-refractivity contribution in [1.29, 1.82) is 5.41 Å². The number of hydrogen-bond acceptors (Lipinski definition) is 9. The molecule has 0 saturated carbocycles. The van der Waals surface area contributed by atoms with E-state index >= 15 is 0 Å². The zero-order chi connectivity index (χ0) is 25.4. The molecule has 0 unspecified atom stereocenters. The van der Waals surface area contributed by atoms with Gasteiger partial charge >= 0.3 is 5.97 Å². The van der Waals surface area contributed by atoms with Crippen LogP contribution in [0.15, 0.2) is 65.2 Å². The standard InChI is InChI=1S/C22H19F2N7O4/c23-14-4-2-1-3-12(14)10-27-18(17-5-6-35-31-17)8-16(26)21-28-11-15(24)20(29-21)30-22(34)13(9-25)7-19(32)33/h1-6,8-9,11,26-27H,7,10,25H2,(H,32,33)(H,28,29,30,34)/b13-9-,18-8-,26-16?. The Morgan fingerprint density at radius 1 is 1.20 bits per heavy atom. The van der Waals surface area contributed by atoms with Gasteiger partial charge in [0.15, 0.2) is 17.5 Å². The van der Waals surface area contributed by atoms with Crippen molar-refractivity contribution >= 4 is 29.1 Å². The molecule has 3 aromatic rings. The van der Waals surface area contributed by atoms with Crippen molar-refractivity contribution < 1.29 is 28.0 Å². The number of benzene rings is 1. The molecule has 11 nitrogen and oxygen atoms in total. The fourth-order valence-electron chi connectivity index (χ4n) is 2.76. The fourth-order valence-corrected chi connectivity index (χ4v) is 2.76. The first-order valence-electron chi connectivity index (χ1n) is 9.93. The molecule has 1 amide bonds. The normalized spacial score (nSPS) is 11.7. The number of aromatic nitrogens is 3. The lowest BCUT2D eigenvalue weighted by molar-refractivity contribution is -0.136. The molecule has 2 heterocycles. The van der Waals surface area contributed by atoms with Crippen LogP contribution in [0.2, 0.25) is 0 Å². The third kappa shape index (κ3) is 6.54. The predicted octanol–water partition coefficient (Wildman–Crippen LogP) is 2.20. The monoisotopic (exact) mass is 483 g/mol. The average molecular weight is 483 g/mol. The van der Waals surface area contributed by atoms with E-state index in [2.05, 4.69) is 25.8 Å². The van der Waals surface area contributed by atoms with E-state index in [-0.39, 0.29) is 29.4 Å². The summed E-state index contributed by atoms with van der Waals surface area (Å²) < 4.78 is 33.0. The molecule has 0 fully saturated rings. The molecular formula is C22H19F2N7O4. The molecule has 1 aromatic carbocycles. The highest BCUT2D eigenvalue weighted by Gasteiger charge is 2.18. The summed E-state index contributed by atoms with van der Waals surface area (Å²) in [6.07, 6.45) is 3.42. The Bertz CT molecular complexity index is 1310. The van der Waals surface area contributed by atoms with Crippen LogP contribution in [0.3, 0.4) is 0 Å². The number of halogens is 2. The molecule has 0 aliphatic heterocycles. The highest BCUT2D eigenvalue weighted by Crippen LogP contribution is 2.16. The first kappa shape index (κ1) is 24.7. The summed E-state index contributed by atoms with van der Waals surface area (Å²) >= 11 is 0. The fraction of sp³-hybridized carbons (Fsp3) is 0.0909. The molecule has 0 bridgehead atoms. The van der Waals surface area contributed by atoms with Crippen LogP contribution in [-0.4, -0.2) is 37.8 Å². The number of hydrogen-bond donors (Lipinski definition) is 5. The van der Waals surface area contributed by atoms with Crippen LogP contribution in [0.25, 0.3) is 5.70 Å². The third-order valence-electron chi connectivity index (χ3n) is 4.48. The Kier molecular flexibility index (Phi) is 7.95. The molecular weight excluding hydrogens is 464 g/mol. The summed E-state index contributed by atoms with van der Waals surface area (Å²) in [6.45, 7) is 0.0575. The van der Waals surface area contributed by atoms with Gasteiger partial charge in [-0.3, -0.25) is 15.0 Å². The van der Waals surface area contributed by atoms with Crippen molar-refractivity contribution in [2.24, 2.45) is 5.73 Å². The van der Waals surface area contributed by atoms with Crippen molar-refractivity contribution in [3.8, 4) is 0 Å². The van der Waals surface area contributed by atoms with E-state index in [4.69, 9.17) is 20.8 Å². The first-order chi connectivity index (χ1) is 16.8. The number of carbonyl (C=O) groups is 2. The van der Waals surface area contributed by atoms with Gasteiger partial charge in [0.05, 0.1) is 18.3 Å². The maximum Gasteiger partial charge on any atom is 0.308 e. The lowest BCUT2D eigenvalue weighted by Crippen LogP contribution is -2.21. The van der Waals surface area contributed by atoms with Gasteiger partial charge in [-0.2, -0.15) is 0 Å². The summed E-state index contributed by atoms with van der Waals surface area (Å²) in [5, 5.41) is 26.1. The molecule has 6 N–H and O–H groups in total. The van der Waals surface area contributed by atoms with Crippen molar-refractivity contribution in [2.75, 3.05) is 5.32 Å². The molecule has 0 radical (unpaired) electrons. The van der Waals surface area contributed by atoms with Crippen LogP contribution >= 0.6 is 0 Å². The number of carboxylic acid groups (broad SMARTS) is 1. The van der Waals surface area contributed by atoms with E-state index in [1.807, 2.05) is 0 Å². The number of aliphatic carboxylic acids is 1. The Hall–Kier alpha value is -4.94. The van der Waals surface area contributed by atoms with Crippen LogP contribution in [0, 0.1) is 17.0 Å². The molecule has 3 rings (SSSR count). The summed E-state index contributed by atoms with van der Waals surface area (Å²) in [5.74, 6) is -4.58. The number of carbonyl (C=O) groups excluding carboxylic acids is 1. The maximum atomic E-state index is 14.2. The number of amides is 1. The quantitative estimate of drug-likeness (QED) is 0.213. The van der Waals surface area contributed by atoms with E-state index < -0.39 is 35.7 Å². The molecule has 0 atom stereocenters. The second kappa shape index (κ2) is 11.3. The molecule has 35 heavy (non-hydrogen) atoms. The summed E-state index contributed by atoms with van der Waals surface area (Å²) in [6, 6.07) is 7.63. The van der Waals surface area contributed by atoms with E-state index in [1.165, 1.54) is 24.5 Å². The highest BCUT2D eigenvalue weighted by atomic mass is 19.1. The van der Waals surface area contributed by atoms with Crippen LogP contribution in [0.4, 0.5) is 14.6 Å². The smallest absolute Gasteiger partial charge is 0.308 e. The Balaban J connectivity index is 1.84. The number of rotatable bonds is 10. The van der Waals surface area contributed by atoms with Gasteiger partial charge in [-0.15, -0.1) is 0 Å². The largest absolute Gasteiger partial charge is 0.481 e. The Labute approximate surface area is 196 Å². The lowest BCUT2D eigenvalue weighted by atomic mass is 10.2. The van der Waals surface area contributed by atoms with Gasteiger partial charge in [0.1, 0.15) is 23.5 Å². The van der Waals surface area contributed by atoms with Gasteiger partial charge in [0, 0.05) is 29.9 Å². The van der Waals surface area contributed by atoms with E-state index in [0.717, 1.165) is 12.4 Å². The molecule has 2 aromatic heterocycles. The molecule has 0 spiro atoms. The van der Waals surface area contributed by atoms with Crippen molar-refractivity contribution in [3.05, 3.63) is 89.4 Å². The average Bonchev–Trinajstić information content (AvgIpc) is 3.37. The zero-order valence-corrected chi connectivity index (χ0v) is 18.0. The minimum atomic E-state index is -1.31. The third-order valence-corrected chi connectivity index (χ3v) is 4.48. The second-order valence-electron chi connectivity index (χ2n) is 6.91. The topological polar surface area (TPSA) is 180 Å². The SMILES string of the molecule is N=C(/C=C(\NCc1ccccc1F)c1ccon1)c1ncc(F)c(NC(=O)/C(=C\N)CC(=O)O)n1. The first-order valence-corrected chi connectivity index (χ1v) is 9.93. The van der Waals surface area contributed by atoms with E-state index in [1.54, 1.807) is 18.2 Å². The van der Waals surface area contributed by atoms with Crippen molar-refractivity contribution in [2.45, 2.75) is 13.0 Å². The van der Waals surface area contributed by atoms with Crippen LogP contribution in [0.5, 0.6) is 0 Å².